The molecule has 0 heterocycles. The number of hydrogen-bond donors (Lipinski definition) is 0. The number of rotatable bonds is 1. The highest BCUT2D eigenvalue weighted by atomic mass is 14.4. The van der Waals surface area contributed by atoms with Crippen molar-refractivity contribution < 1.29 is 0 Å². The molecule has 0 bridgehead atoms. The van der Waals surface area contributed by atoms with Crippen LogP contribution in [-0.2, 0) is 0 Å². The molecule has 1 rings (SSSR count). The zero-order valence-electron chi connectivity index (χ0n) is 8.44. The summed E-state index contributed by atoms with van der Waals surface area (Å²) in [7, 11) is 0. The van der Waals surface area contributed by atoms with Gasteiger partial charge in [0, 0.05) is 0 Å². The molecule has 11 heavy (non-hydrogen) atoms. The molecule has 0 spiro atoms. The second-order valence-corrected chi connectivity index (χ2v) is 4.27. The molecule has 0 aliphatic heterocycles. The molecular weight excluding hydrogens is 132 g/mol. The highest BCUT2D eigenvalue weighted by Gasteiger charge is 2.38. The number of hydrogen-bond acceptors (Lipinski definition) is 0. The van der Waals surface area contributed by atoms with Crippen LogP contribution >= 0.6 is 0 Å². The van der Waals surface area contributed by atoms with E-state index >= 15 is 0 Å². The van der Waals surface area contributed by atoms with Crippen LogP contribution in [0, 0.1) is 17.3 Å². The topological polar surface area (TPSA) is 0 Å². The Hall–Kier alpha value is -0.260. The Labute approximate surface area is 70.7 Å². The van der Waals surface area contributed by atoms with Gasteiger partial charge in [-0.3, -0.25) is 0 Å². The Morgan fingerprint density at radius 1 is 1.45 bits per heavy atom. The second-order valence-electron chi connectivity index (χ2n) is 4.27. The molecule has 0 amide bonds. The first-order valence-corrected chi connectivity index (χ1v) is 4.71. The summed E-state index contributed by atoms with van der Waals surface area (Å²) in [6, 6.07) is 0. The first-order chi connectivity index (χ1) is 5.02. The largest absolute Gasteiger partial charge is 0.0819 e. The quantitative estimate of drug-likeness (QED) is 0.503. The van der Waals surface area contributed by atoms with E-state index in [0.717, 1.165) is 11.8 Å². The van der Waals surface area contributed by atoms with Crippen LogP contribution in [0.15, 0.2) is 11.6 Å². The lowest BCUT2D eigenvalue weighted by atomic mass is 9.73. The lowest BCUT2D eigenvalue weighted by Crippen LogP contribution is -2.23. The van der Waals surface area contributed by atoms with Gasteiger partial charge < -0.3 is 0 Å². The van der Waals surface area contributed by atoms with E-state index < -0.39 is 0 Å². The third-order valence-electron chi connectivity index (χ3n) is 3.94. The predicted molar refractivity (Wildman–Crippen MR) is 50.5 cm³/mol. The van der Waals surface area contributed by atoms with E-state index in [1.54, 1.807) is 5.57 Å². The molecule has 0 aromatic heterocycles. The van der Waals surface area contributed by atoms with Crippen molar-refractivity contribution in [1.29, 1.82) is 0 Å². The van der Waals surface area contributed by atoms with Crippen LogP contribution in [0.3, 0.4) is 0 Å². The van der Waals surface area contributed by atoms with E-state index in [4.69, 9.17) is 0 Å². The average molecular weight is 152 g/mol. The van der Waals surface area contributed by atoms with E-state index in [-0.39, 0.29) is 0 Å². The molecule has 0 N–H and O–H groups in total. The van der Waals surface area contributed by atoms with Crippen LogP contribution < -0.4 is 0 Å². The van der Waals surface area contributed by atoms with Crippen molar-refractivity contribution in [3.63, 3.8) is 0 Å². The lowest BCUT2D eigenvalue weighted by molar-refractivity contribution is 0.234. The molecule has 0 saturated carbocycles. The van der Waals surface area contributed by atoms with Crippen LogP contribution in [0.1, 0.15) is 41.0 Å². The van der Waals surface area contributed by atoms with E-state index in [2.05, 4.69) is 40.7 Å². The third kappa shape index (κ3) is 1.13. The fourth-order valence-electron chi connectivity index (χ4n) is 2.27. The minimum Gasteiger partial charge on any atom is -0.0819 e. The minimum atomic E-state index is 0.486. The summed E-state index contributed by atoms with van der Waals surface area (Å²) >= 11 is 0. The Morgan fingerprint density at radius 3 is 2.18 bits per heavy atom. The van der Waals surface area contributed by atoms with Crippen LogP contribution in [0.2, 0.25) is 0 Å². The molecule has 0 nitrogen and oxygen atoms in total. The summed E-state index contributed by atoms with van der Waals surface area (Å²) in [4.78, 5) is 0. The van der Waals surface area contributed by atoms with Gasteiger partial charge in [0.2, 0.25) is 0 Å². The fraction of sp³-hybridized carbons (Fsp3) is 0.818. The van der Waals surface area contributed by atoms with Gasteiger partial charge in [-0.15, -0.1) is 0 Å². The molecular formula is C11H20. The molecule has 3 unspecified atom stereocenters. The highest BCUT2D eigenvalue weighted by molar-refractivity contribution is 5.20. The zero-order chi connectivity index (χ0) is 8.65. The van der Waals surface area contributed by atoms with Gasteiger partial charge in [0.15, 0.2) is 0 Å². The third-order valence-corrected chi connectivity index (χ3v) is 3.94. The summed E-state index contributed by atoms with van der Waals surface area (Å²) in [5.74, 6) is 1.60. The molecule has 0 radical (unpaired) electrons. The number of allylic oxidation sites excluding steroid dienone is 2. The molecule has 64 valence electrons. The van der Waals surface area contributed by atoms with Crippen molar-refractivity contribution in [3.8, 4) is 0 Å². The summed E-state index contributed by atoms with van der Waals surface area (Å²) in [6.07, 6.45) is 3.72. The second kappa shape index (κ2) is 2.66. The normalized spacial score (nSPS) is 44.3. The monoisotopic (exact) mass is 152 g/mol. The van der Waals surface area contributed by atoms with E-state index in [1.807, 2.05) is 0 Å². The van der Waals surface area contributed by atoms with Gasteiger partial charge in [0.05, 0.1) is 0 Å². The predicted octanol–water partition coefficient (Wildman–Crippen LogP) is 3.63. The highest BCUT2D eigenvalue weighted by Crippen LogP contribution is 2.48. The van der Waals surface area contributed by atoms with Crippen molar-refractivity contribution in [3.05, 3.63) is 11.6 Å². The van der Waals surface area contributed by atoms with Crippen LogP contribution in [0.25, 0.3) is 0 Å². The Morgan fingerprint density at radius 2 is 2.00 bits per heavy atom. The minimum absolute atomic E-state index is 0.486. The molecule has 1 aliphatic rings. The fourth-order valence-corrected chi connectivity index (χ4v) is 2.27. The van der Waals surface area contributed by atoms with E-state index in [9.17, 15) is 0 Å². The van der Waals surface area contributed by atoms with Crippen LogP contribution in [0.5, 0.6) is 0 Å². The van der Waals surface area contributed by atoms with Crippen molar-refractivity contribution >= 4 is 0 Å². The van der Waals surface area contributed by atoms with Gasteiger partial charge in [0.25, 0.3) is 0 Å². The lowest BCUT2D eigenvalue weighted by Gasteiger charge is -2.32. The molecule has 0 aromatic rings. The van der Waals surface area contributed by atoms with Gasteiger partial charge in [-0.25, -0.2) is 0 Å². The molecule has 0 saturated heterocycles. The maximum absolute atomic E-state index is 2.44. The Bertz CT molecular complexity index is 178. The maximum Gasteiger partial charge on any atom is -0.00906 e. The molecule has 0 heteroatoms. The smallest absolute Gasteiger partial charge is 0.00906 e. The van der Waals surface area contributed by atoms with E-state index in [0.29, 0.717) is 5.41 Å². The average Bonchev–Trinajstić information content (AvgIpc) is 2.16. The molecule has 3 atom stereocenters. The Kier molecular flexibility index (Phi) is 2.13. The van der Waals surface area contributed by atoms with Gasteiger partial charge in [-0.1, -0.05) is 39.3 Å². The summed E-state index contributed by atoms with van der Waals surface area (Å²) in [6.45, 7) is 11.7. The standard InChI is InChI=1S/C11H20/c1-6-11(5)9(3)7-8(2)10(11)4/h7-8,10H,6H2,1-5H3. The summed E-state index contributed by atoms with van der Waals surface area (Å²) in [5, 5.41) is 0. The maximum atomic E-state index is 2.44. The first-order valence-electron chi connectivity index (χ1n) is 4.71. The van der Waals surface area contributed by atoms with Gasteiger partial charge in [-0.2, -0.15) is 0 Å². The molecule has 0 aromatic carbocycles. The first kappa shape index (κ1) is 8.83. The van der Waals surface area contributed by atoms with Gasteiger partial charge >= 0.3 is 0 Å². The molecule has 0 fully saturated rings. The Balaban J connectivity index is 2.90. The van der Waals surface area contributed by atoms with Crippen molar-refractivity contribution in [2.45, 2.75) is 41.0 Å². The summed E-state index contributed by atoms with van der Waals surface area (Å²) in [5.41, 5.74) is 2.08. The van der Waals surface area contributed by atoms with Crippen LogP contribution in [0.4, 0.5) is 0 Å². The van der Waals surface area contributed by atoms with Crippen LogP contribution in [-0.4, -0.2) is 0 Å². The van der Waals surface area contributed by atoms with Gasteiger partial charge in [-0.05, 0) is 30.6 Å². The van der Waals surface area contributed by atoms with Gasteiger partial charge in [0.1, 0.15) is 0 Å². The summed E-state index contributed by atoms with van der Waals surface area (Å²) < 4.78 is 0. The van der Waals surface area contributed by atoms with Crippen molar-refractivity contribution in [2.24, 2.45) is 17.3 Å². The van der Waals surface area contributed by atoms with Crippen molar-refractivity contribution in [1.82, 2.24) is 0 Å². The van der Waals surface area contributed by atoms with E-state index in [1.165, 1.54) is 6.42 Å². The SMILES string of the molecule is CCC1(C)C(C)=CC(C)C1C. The zero-order valence-corrected chi connectivity index (χ0v) is 8.44. The van der Waals surface area contributed by atoms with Crippen molar-refractivity contribution in [2.75, 3.05) is 0 Å². The molecule has 1 aliphatic carbocycles.